The quantitative estimate of drug-likeness (QED) is 0.561. The number of fused-ring (bicyclic) bond motifs is 4. The van der Waals surface area contributed by atoms with E-state index in [1.54, 1.807) is 0 Å². The molecule has 182 valence electrons. The van der Waals surface area contributed by atoms with Gasteiger partial charge in [-0.3, -0.25) is 4.79 Å². The highest BCUT2D eigenvalue weighted by Crippen LogP contribution is 2.63. The summed E-state index contributed by atoms with van der Waals surface area (Å²) in [5.74, 6) is -0.901. The van der Waals surface area contributed by atoms with Gasteiger partial charge in [0.15, 0.2) is 0 Å². The molecule has 0 bridgehead atoms. The van der Waals surface area contributed by atoms with Gasteiger partial charge in [-0.05, 0) is 66.2 Å². The molecule has 6 rings (SSSR count). The Labute approximate surface area is 204 Å². The lowest BCUT2D eigenvalue weighted by Gasteiger charge is -2.32. The topological polar surface area (TPSA) is 105 Å². The van der Waals surface area contributed by atoms with Crippen molar-refractivity contribution in [2.45, 2.75) is 56.5 Å². The Balaban J connectivity index is 1.05. The fourth-order valence-corrected chi connectivity index (χ4v) is 6.53. The van der Waals surface area contributed by atoms with Crippen molar-refractivity contribution in [3.8, 4) is 11.1 Å². The zero-order chi connectivity index (χ0) is 24.2. The molecule has 7 heteroatoms. The minimum Gasteiger partial charge on any atom is -0.480 e. The van der Waals surface area contributed by atoms with Crippen LogP contribution in [0.4, 0.5) is 4.79 Å². The van der Waals surface area contributed by atoms with Crippen LogP contribution >= 0.6 is 0 Å². The molecule has 0 aliphatic heterocycles. The zero-order valence-electron chi connectivity index (χ0n) is 19.5. The molecule has 3 N–H and O–H groups in total. The number of amides is 2. The number of alkyl carbamates (subject to hydrolysis) is 1. The summed E-state index contributed by atoms with van der Waals surface area (Å²) < 4.78 is 5.67. The van der Waals surface area contributed by atoms with E-state index in [1.165, 1.54) is 22.3 Å². The number of rotatable bonds is 7. The van der Waals surface area contributed by atoms with E-state index in [9.17, 15) is 19.5 Å². The predicted molar refractivity (Wildman–Crippen MR) is 129 cm³/mol. The van der Waals surface area contributed by atoms with Gasteiger partial charge >= 0.3 is 12.1 Å². The lowest BCUT2D eigenvalue weighted by Crippen LogP contribution is -2.50. The standard InChI is InChI=1S/C28H30N2O5/c31-25(32)24(16-6-5-7-16)30-26(33)28-13-17(28)12-18(14-28)29-27(34)35-15-23-21-10-3-1-8-19(21)20-9-2-4-11-22(20)23/h1-4,8-11,16-18,23-24H,5-7,12-15H2,(H,29,34)(H,30,33)(H,31,32)/t17-,18+,24?,28+/m1/s1. The number of hydrogen-bond donors (Lipinski definition) is 3. The molecule has 0 spiro atoms. The summed E-state index contributed by atoms with van der Waals surface area (Å²) in [7, 11) is 0. The average Bonchev–Trinajstić information content (AvgIpc) is 3.24. The van der Waals surface area contributed by atoms with Gasteiger partial charge in [0.2, 0.25) is 5.91 Å². The molecule has 0 heterocycles. The van der Waals surface area contributed by atoms with E-state index in [2.05, 4.69) is 34.9 Å². The third-order valence-electron chi connectivity index (χ3n) is 8.70. The van der Waals surface area contributed by atoms with E-state index in [1.807, 2.05) is 24.3 Å². The van der Waals surface area contributed by atoms with Crippen LogP contribution in [0.3, 0.4) is 0 Å². The number of aliphatic carboxylic acids is 1. The minimum atomic E-state index is -0.956. The highest BCUT2D eigenvalue weighted by molar-refractivity contribution is 5.90. The van der Waals surface area contributed by atoms with E-state index in [-0.39, 0.29) is 36.3 Å². The molecule has 1 unspecified atom stereocenters. The first-order valence-corrected chi connectivity index (χ1v) is 12.6. The lowest BCUT2D eigenvalue weighted by atomic mass is 9.79. The Bertz CT molecular complexity index is 1150. The van der Waals surface area contributed by atoms with E-state index in [4.69, 9.17) is 4.74 Å². The first-order valence-electron chi connectivity index (χ1n) is 12.6. The smallest absolute Gasteiger partial charge is 0.407 e. The lowest BCUT2D eigenvalue weighted by molar-refractivity contribution is -0.145. The molecule has 2 aromatic rings. The van der Waals surface area contributed by atoms with Crippen LogP contribution in [-0.2, 0) is 14.3 Å². The third kappa shape index (κ3) is 3.77. The first-order chi connectivity index (χ1) is 17.0. The van der Waals surface area contributed by atoms with Crippen molar-refractivity contribution in [2.24, 2.45) is 17.3 Å². The van der Waals surface area contributed by atoms with Crippen molar-refractivity contribution >= 4 is 18.0 Å². The third-order valence-corrected chi connectivity index (χ3v) is 8.70. The van der Waals surface area contributed by atoms with Crippen LogP contribution in [0.5, 0.6) is 0 Å². The number of ether oxygens (including phenoxy) is 1. The molecule has 7 nitrogen and oxygen atoms in total. The van der Waals surface area contributed by atoms with Crippen molar-refractivity contribution in [1.29, 1.82) is 0 Å². The average molecular weight is 475 g/mol. The normalized spacial score (nSPS) is 27.1. The Morgan fingerprint density at radius 3 is 2.26 bits per heavy atom. The summed E-state index contributed by atoms with van der Waals surface area (Å²) >= 11 is 0. The first kappa shape index (κ1) is 22.1. The molecule has 3 saturated carbocycles. The second-order valence-corrected chi connectivity index (χ2v) is 10.6. The van der Waals surface area contributed by atoms with Crippen molar-refractivity contribution in [3.05, 3.63) is 59.7 Å². The molecule has 4 aliphatic carbocycles. The molecule has 2 aromatic carbocycles. The van der Waals surface area contributed by atoms with Crippen LogP contribution in [0.25, 0.3) is 11.1 Å². The van der Waals surface area contributed by atoms with Crippen molar-refractivity contribution in [1.82, 2.24) is 10.6 Å². The molecule has 35 heavy (non-hydrogen) atoms. The molecule has 2 amide bonds. The highest BCUT2D eigenvalue weighted by Gasteiger charge is 2.65. The summed E-state index contributed by atoms with van der Waals surface area (Å²) in [5.41, 5.74) is 4.15. The van der Waals surface area contributed by atoms with E-state index < -0.39 is 23.5 Å². The summed E-state index contributed by atoms with van der Waals surface area (Å²) in [6.45, 7) is 0.253. The van der Waals surface area contributed by atoms with Crippen molar-refractivity contribution in [2.75, 3.05) is 6.61 Å². The Morgan fingerprint density at radius 1 is 1.00 bits per heavy atom. The van der Waals surface area contributed by atoms with E-state index in [0.717, 1.165) is 32.1 Å². The van der Waals surface area contributed by atoms with Crippen LogP contribution in [0.15, 0.2) is 48.5 Å². The van der Waals surface area contributed by atoms with Crippen LogP contribution in [0.1, 0.15) is 55.6 Å². The van der Waals surface area contributed by atoms with Gasteiger partial charge in [0.05, 0.1) is 5.41 Å². The molecule has 0 radical (unpaired) electrons. The molecule has 0 saturated heterocycles. The SMILES string of the molecule is O=C(N[C@H]1C[C@@H]2C[C@]2(C(=O)NC(C(=O)O)C2CCC2)C1)OCC1c2ccccc2-c2ccccc21. The van der Waals surface area contributed by atoms with E-state index in [0.29, 0.717) is 6.42 Å². The monoisotopic (exact) mass is 474 g/mol. The summed E-state index contributed by atoms with van der Waals surface area (Å²) in [4.78, 5) is 37.3. The van der Waals surface area contributed by atoms with Gasteiger partial charge in [0, 0.05) is 12.0 Å². The summed E-state index contributed by atoms with van der Waals surface area (Å²) in [6, 6.07) is 15.5. The summed E-state index contributed by atoms with van der Waals surface area (Å²) in [5, 5.41) is 15.3. The van der Waals surface area contributed by atoms with Gasteiger partial charge in [-0.15, -0.1) is 0 Å². The Hall–Kier alpha value is -3.35. The summed E-state index contributed by atoms with van der Waals surface area (Å²) in [6.07, 6.45) is 4.26. The molecular formula is C28H30N2O5. The van der Waals surface area contributed by atoms with Gasteiger partial charge in [-0.1, -0.05) is 55.0 Å². The second kappa shape index (κ2) is 8.40. The maximum Gasteiger partial charge on any atom is 0.407 e. The number of nitrogens with one attached hydrogen (secondary N) is 2. The van der Waals surface area contributed by atoms with Crippen molar-refractivity contribution in [3.63, 3.8) is 0 Å². The maximum atomic E-state index is 13.0. The molecule has 0 aromatic heterocycles. The van der Waals surface area contributed by atoms with Crippen molar-refractivity contribution < 1.29 is 24.2 Å². The predicted octanol–water partition coefficient (Wildman–Crippen LogP) is 4.06. The van der Waals surface area contributed by atoms with Gasteiger partial charge in [-0.25, -0.2) is 9.59 Å². The molecular weight excluding hydrogens is 444 g/mol. The van der Waals surface area contributed by atoms with Gasteiger partial charge in [0.25, 0.3) is 0 Å². The number of carboxylic acids is 1. The maximum absolute atomic E-state index is 13.0. The number of benzene rings is 2. The van der Waals surface area contributed by atoms with Gasteiger partial charge in [0.1, 0.15) is 12.6 Å². The van der Waals surface area contributed by atoms with Crippen LogP contribution in [0, 0.1) is 17.3 Å². The Morgan fingerprint density at radius 2 is 1.66 bits per heavy atom. The fraction of sp³-hybridized carbons (Fsp3) is 0.464. The number of hydrogen-bond acceptors (Lipinski definition) is 4. The number of carbonyl (C=O) groups is 3. The zero-order valence-corrected chi connectivity index (χ0v) is 19.5. The van der Waals surface area contributed by atoms with E-state index >= 15 is 0 Å². The Kier molecular flexibility index (Phi) is 5.31. The molecule has 4 atom stereocenters. The number of carboxylic acid groups (broad SMARTS) is 1. The largest absolute Gasteiger partial charge is 0.480 e. The second-order valence-electron chi connectivity index (χ2n) is 10.6. The fourth-order valence-electron chi connectivity index (χ4n) is 6.53. The van der Waals surface area contributed by atoms with Crippen LogP contribution < -0.4 is 10.6 Å². The molecule has 4 aliphatic rings. The van der Waals surface area contributed by atoms with Crippen LogP contribution in [-0.4, -0.2) is 41.8 Å². The highest BCUT2D eigenvalue weighted by atomic mass is 16.5. The minimum absolute atomic E-state index is 0.00158. The van der Waals surface area contributed by atoms with Gasteiger partial charge in [-0.2, -0.15) is 0 Å². The van der Waals surface area contributed by atoms with Gasteiger partial charge < -0.3 is 20.5 Å². The van der Waals surface area contributed by atoms with Crippen LogP contribution in [0.2, 0.25) is 0 Å². The number of carbonyl (C=O) groups excluding carboxylic acids is 2. The molecule has 3 fully saturated rings.